The van der Waals surface area contributed by atoms with Crippen molar-refractivity contribution in [2.45, 2.75) is 52.4 Å². The molecule has 0 heterocycles. The molecule has 0 saturated carbocycles. The molecule has 0 rings (SSSR count). The van der Waals surface area contributed by atoms with Crippen molar-refractivity contribution < 1.29 is 0 Å². The normalized spacial score (nSPS) is 11.8. The molecular formula is C12H22. The first-order valence-electron chi connectivity index (χ1n) is 5.18. The Bertz CT molecular complexity index is 120. The molecule has 0 bridgehead atoms. The van der Waals surface area contributed by atoms with Gasteiger partial charge in [-0.3, -0.25) is 0 Å². The van der Waals surface area contributed by atoms with Gasteiger partial charge in [0.1, 0.15) is 0 Å². The van der Waals surface area contributed by atoms with Crippen LogP contribution >= 0.6 is 0 Å². The second-order valence-electron chi connectivity index (χ2n) is 3.13. The van der Waals surface area contributed by atoms with Gasteiger partial charge in [0.25, 0.3) is 0 Å². The maximum Gasteiger partial charge on any atom is -0.0169 e. The van der Waals surface area contributed by atoms with Gasteiger partial charge in [-0.05, 0) is 26.2 Å². The van der Waals surface area contributed by atoms with Crippen molar-refractivity contribution in [2.75, 3.05) is 0 Å². The molecule has 0 aromatic heterocycles. The highest BCUT2D eigenvalue weighted by atomic mass is 13.9. The Kier molecular flexibility index (Phi) is 10.0. The summed E-state index contributed by atoms with van der Waals surface area (Å²) in [5.41, 5.74) is 0. The molecule has 0 fully saturated rings. The number of unbranched alkanes of at least 4 members (excludes halogenated alkanes) is 4. The topological polar surface area (TPSA) is 0 Å². The van der Waals surface area contributed by atoms with Crippen LogP contribution < -0.4 is 0 Å². The van der Waals surface area contributed by atoms with Crippen molar-refractivity contribution >= 4 is 0 Å². The summed E-state index contributed by atoms with van der Waals surface area (Å²) in [7, 11) is 0. The Labute approximate surface area is 77.4 Å². The molecule has 0 unspecified atom stereocenters. The fraction of sp³-hybridized carbons (Fsp3) is 0.667. The van der Waals surface area contributed by atoms with Crippen LogP contribution in [0.5, 0.6) is 0 Å². The van der Waals surface area contributed by atoms with Crippen molar-refractivity contribution in [3.63, 3.8) is 0 Å². The molecule has 0 aliphatic heterocycles. The Morgan fingerprint density at radius 2 is 1.75 bits per heavy atom. The maximum atomic E-state index is 2.30. The molecule has 0 aliphatic carbocycles. The van der Waals surface area contributed by atoms with Gasteiger partial charge in [-0.1, -0.05) is 50.5 Å². The van der Waals surface area contributed by atoms with E-state index in [1.165, 1.54) is 32.1 Å². The van der Waals surface area contributed by atoms with E-state index in [4.69, 9.17) is 0 Å². The first-order chi connectivity index (χ1) is 5.91. The summed E-state index contributed by atoms with van der Waals surface area (Å²) in [6, 6.07) is 0. The summed E-state index contributed by atoms with van der Waals surface area (Å²) in [4.78, 5) is 0. The molecule has 0 amide bonds. The average Bonchev–Trinajstić information content (AvgIpc) is 2.10. The molecule has 0 spiro atoms. The summed E-state index contributed by atoms with van der Waals surface area (Å²) in [6.45, 7) is 4.32. The fourth-order valence-electron chi connectivity index (χ4n) is 1.12. The smallest absolute Gasteiger partial charge is 0.0169 e. The van der Waals surface area contributed by atoms with Gasteiger partial charge >= 0.3 is 0 Å². The highest BCUT2D eigenvalue weighted by molar-refractivity contribution is 4.91. The van der Waals surface area contributed by atoms with E-state index in [9.17, 15) is 0 Å². The van der Waals surface area contributed by atoms with E-state index in [0.29, 0.717) is 0 Å². The SMILES string of the molecule is C/C=C/C/C=C/CCCCCC. The molecule has 0 nitrogen and oxygen atoms in total. The largest absolute Gasteiger partial charge is 0.0914 e. The lowest BCUT2D eigenvalue weighted by atomic mass is 10.1. The molecule has 0 heteroatoms. The van der Waals surface area contributed by atoms with Crippen molar-refractivity contribution in [2.24, 2.45) is 0 Å². The van der Waals surface area contributed by atoms with Crippen molar-refractivity contribution in [1.29, 1.82) is 0 Å². The van der Waals surface area contributed by atoms with E-state index >= 15 is 0 Å². The second-order valence-corrected chi connectivity index (χ2v) is 3.13. The van der Waals surface area contributed by atoms with Crippen LogP contribution in [0.15, 0.2) is 24.3 Å². The van der Waals surface area contributed by atoms with Crippen molar-refractivity contribution in [3.05, 3.63) is 24.3 Å². The Morgan fingerprint density at radius 3 is 2.42 bits per heavy atom. The van der Waals surface area contributed by atoms with E-state index in [1.807, 2.05) is 0 Å². The molecule has 70 valence electrons. The lowest BCUT2D eigenvalue weighted by Crippen LogP contribution is -1.73. The Morgan fingerprint density at radius 1 is 0.917 bits per heavy atom. The van der Waals surface area contributed by atoms with E-state index in [2.05, 4.69) is 38.2 Å². The molecule has 0 N–H and O–H groups in total. The fourth-order valence-corrected chi connectivity index (χ4v) is 1.12. The van der Waals surface area contributed by atoms with Crippen LogP contribution in [0.2, 0.25) is 0 Å². The highest BCUT2D eigenvalue weighted by Gasteiger charge is 1.83. The summed E-state index contributed by atoms with van der Waals surface area (Å²) in [5, 5.41) is 0. The van der Waals surface area contributed by atoms with Gasteiger partial charge < -0.3 is 0 Å². The summed E-state index contributed by atoms with van der Waals surface area (Å²) >= 11 is 0. The van der Waals surface area contributed by atoms with Crippen LogP contribution in [0.25, 0.3) is 0 Å². The Hall–Kier alpha value is -0.520. The van der Waals surface area contributed by atoms with E-state index in [1.54, 1.807) is 0 Å². The highest BCUT2D eigenvalue weighted by Crippen LogP contribution is 2.03. The molecule has 0 radical (unpaired) electrons. The number of hydrogen-bond acceptors (Lipinski definition) is 0. The Balaban J connectivity index is 3.02. The second kappa shape index (κ2) is 10.5. The summed E-state index contributed by atoms with van der Waals surface area (Å²) in [6.07, 6.45) is 16.7. The molecule has 0 aliphatic rings. The minimum absolute atomic E-state index is 1.10. The zero-order valence-electron chi connectivity index (χ0n) is 8.55. The predicted molar refractivity (Wildman–Crippen MR) is 57.3 cm³/mol. The van der Waals surface area contributed by atoms with Gasteiger partial charge in [-0.15, -0.1) is 0 Å². The van der Waals surface area contributed by atoms with Gasteiger partial charge in [0.15, 0.2) is 0 Å². The minimum atomic E-state index is 1.10. The van der Waals surface area contributed by atoms with Crippen LogP contribution in [0.4, 0.5) is 0 Å². The first-order valence-corrected chi connectivity index (χ1v) is 5.18. The van der Waals surface area contributed by atoms with Crippen LogP contribution in [0.1, 0.15) is 52.4 Å². The van der Waals surface area contributed by atoms with E-state index in [-0.39, 0.29) is 0 Å². The summed E-state index contributed by atoms with van der Waals surface area (Å²) in [5.74, 6) is 0. The van der Waals surface area contributed by atoms with Crippen LogP contribution in [0, 0.1) is 0 Å². The van der Waals surface area contributed by atoms with Gasteiger partial charge in [-0.25, -0.2) is 0 Å². The molecule has 0 aromatic rings. The predicted octanol–water partition coefficient (Wildman–Crippen LogP) is 4.48. The van der Waals surface area contributed by atoms with Crippen LogP contribution in [0.3, 0.4) is 0 Å². The van der Waals surface area contributed by atoms with E-state index < -0.39 is 0 Å². The summed E-state index contributed by atoms with van der Waals surface area (Å²) < 4.78 is 0. The number of rotatable bonds is 7. The average molecular weight is 166 g/mol. The first kappa shape index (κ1) is 11.5. The van der Waals surface area contributed by atoms with E-state index in [0.717, 1.165) is 6.42 Å². The third kappa shape index (κ3) is 9.48. The van der Waals surface area contributed by atoms with Gasteiger partial charge in [0.05, 0.1) is 0 Å². The standard InChI is InChI=1S/C12H22/c1-3-5-7-9-11-12-10-8-6-4-2/h3,5,9,11H,4,6-8,10,12H2,1-2H3/b5-3+,11-9+. The van der Waals surface area contributed by atoms with Gasteiger partial charge in [0, 0.05) is 0 Å². The zero-order valence-corrected chi connectivity index (χ0v) is 8.55. The van der Waals surface area contributed by atoms with Crippen LogP contribution in [-0.2, 0) is 0 Å². The number of hydrogen-bond donors (Lipinski definition) is 0. The van der Waals surface area contributed by atoms with Crippen molar-refractivity contribution in [3.8, 4) is 0 Å². The van der Waals surface area contributed by atoms with Crippen molar-refractivity contribution in [1.82, 2.24) is 0 Å². The molecule has 0 atom stereocenters. The quantitative estimate of drug-likeness (QED) is 0.386. The maximum absolute atomic E-state index is 2.30. The minimum Gasteiger partial charge on any atom is -0.0914 e. The molecule has 0 aromatic carbocycles. The third-order valence-electron chi connectivity index (χ3n) is 1.90. The lowest BCUT2D eigenvalue weighted by molar-refractivity contribution is 0.674. The molecular weight excluding hydrogens is 144 g/mol. The van der Waals surface area contributed by atoms with Gasteiger partial charge in [-0.2, -0.15) is 0 Å². The monoisotopic (exact) mass is 166 g/mol. The molecule has 0 saturated heterocycles. The lowest BCUT2D eigenvalue weighted by Gasteiger charge is -1.93. The molecule has 12 heavy (non-hydrogen) atoms. The third-order valence-corrected chi connectivity index (χ3v) is 1.90. The van der Waals surface area contributed by atoms with Crippen LogP contribution in [-0.4, -0.2) is 0 Å². The van der Waals surface area contributed by atoms with Gasteiger partial charge in [0.2, 0.25) is 0 Å². The number of allylic oxidation sites excluding steroid dienone is 4. The zero-order chi connectivity index (χ0) is 9.07.